The highest BCUT2D eigenvalue weighted by molar-refractivity contribution is 5.74. The third-order valence-electron chi connectivity index (χ3n) is 5.40. The van der Waals surface area contributed by atoms with Crippen molar-refractivity contribution in [2.75, 3.05) is 0 Å². The molecule has 17 heavy (non-hydrogen) atoms. The summed E-state index contributed by atoms with van der Waals surface area (Å²) in [5, 5.41) is 0. The molecule has 1 amide bonds. The SMILES string of the molecule is CC(=O)N1[C@H](C)CC[C@H]2C(C)(C)CCC[C@@]21C. The molecule has 0 unspecified atom stereocenters. The third kappa shape index (κ3) is 1.90. The van der Waals surface area contributed by atoms with E-state index in [-0.39, 0.29) is 11.4 Å². The van der Waals surface area contributed by atoms with Gasteiger partial charge in [-0.15, -0.1) is 0 Å². The Morgan fingerprint density at radius 3 is 2.41 bits per heavy atom. The van der Waals surface area contributed by atoms with E-state index in [1.54, 1.807) is 6.92 Å². The topological polar surface area (TPSA) is 20.3 Å². The van der Waals surface area contributed by atoms with Gasteiger partial charge in [0.25, 0.3) is 0 Å². The summed E-state index contributed by atoms with van der Waals surface area (Å²) >= 11 is 0. The second-order valence-corrected chi connectivity index (χ2v) is 7.07. The summed E-state index contributed by atoms with van der Waals surface area (Å²) in [6.45, 7) is 11.1. The maximum absolute atomic E-state index is 12.0. The molecule has 2 fully saturated rings. The highest BCUT2D eigenvalue weighted by atomic mass is 16.2. The summed E-state index contributed by atoms with van der Waals surface area (Å²) in [4.78, 5) is 14.2. The average Bonchev–Trinajstić information content (AvgIpc) is 2.14. The molecular formula is C15H27NO. The van der Waals surface area contributed by atoms with Gasteiger partial charge in [0.05, 0.1) is 0 Å². The smallest absolute Gasteiger partial charge is 0.220 e. The molecule has 3 atom stereocenters. The van der Waals surface area contributed by atoms with Crippen LogP contribution in [-0.4, -0.2) is 22.4 Å². The molecule has 0 N–H and O–H groups in total. The lowest BCUT2D eigenvalue weighted by atomic mass is 9.56. The van der Waals surface area contributed by atoms with Gasteiger partial charge in [-0.2, -0.15) is 0 Å². The number of likely N-dealkylation sites (tertiary alicyclic amines) is 1. The van der Waals surface area contributed by atoms with Gasteiger partial charge in [-0.05, 0) is 50.9 Å². The van der Waals surface area contributed by atoms with Crippen LogP contribution in [0.4, 0.5) is 0 Å². The van der Waals surface area contributed by atoms with Gasteiger partial charge in [0, 0.05) is 18.5 Å². The Morgan fingerprint density at radius 2 is 1.82 bits per heavy atom. The lowest BCUT2D eigenvalue weighted by Gasteiger charge is -2.60. The minimum absolute atomic E-state index is 0.102. The Labute approximate surface area is 106 Å². The predicted molar refractivity (Wildman–Crippen MR) is 70.7 cm³/mol. The molecule has 1 heterocycles. The number of hydrogen-bond acceptors (Lipinski definition) is 1. The van der Waals surface area contributed by atoms with Crippen molar-refractivity contribution in [2.45, 2.75) is 78.3 Å². The second kappa shape index (κ2) is 4.00. The molecule has 1 aliphatic carbocycles. The predicted octanol–water partition coefficient (Wildman–Crippen LogP) is 3.60. The zero-order chi connectivity index (χ0) is 12.8. The van der Waals surface area contributed by atoms with Crippen molar-refractivity contribution in [3.63, 3.8) is 0 Å². The van der Waals surface area contributed by atoms with Crippen molar-refractivity contribution in [2.24, 2.45) is 11.3 Å². The molecule has 0 bridgehead atoms. The van der Waals surface area contributed by atoms with E-state index < -0.39 is 0 Å². The van der Waals surface area contributed by atoms with Crippen LogP contribution in [0.5, 0.6) is 0 Å². The third-order valence-corrected chi connectivity index (χ3v) is 5.40. The van der Waals surface area contributed by atoms with Crippen LogP contribution in [0, 0.1) is 11.3 Å². The van der Waals surface area contributed by atoms with Crippen LogP contribution in [0.2, 0.25) is 0 Å². The zero-order valence-corrected chi connectivity index (χ0v) is 12.0. The molecule has 0 aromatic carbocycles. The first-order valence-corrected chi connectivity index (χ1v) is 7.09. The Kier molecular flexibility index (Phi) is 3.04. The molecule has 2 rings (SSSR count). The lowest BCUT2D eigenvalue weighted by molar-refractivity contribution is -0.155. The van der Waals surface area contributed by atoms with Gasteiger partial charge in [0.1, 0.15) is 0 Å². The Balaban J connectivity index is 2.38. The van der Waals surface area contributed by atoms with Gasteiger partial charge < -0.3 is 4.90 Å². The van der Waals surface area contributed by atoms with E-state index in [4.69, 9.17) is 0 Å². The molecule has 0 aromatic rings. The normalized spacial score (nSPS) is 40.9. The monoisotopic (exact) mass is 237 g/mol. The molecule has 0 spiro atoms. The van der Waals surface area contributed by atoms with E-state index in [0.717, 1.165) is 0 Å². The van der Waals surface area contributed by atoms with Crippen molar-refractivity contribution in [3.8, 4) is 0 Å². The van der Waals surface area contributed by atoms with Gasteiger partial charge in [0.2, 0.25) is 5.91 Å². The maximum atomic E-state index is 12.0. The first-order chi connectivity index (χ1) is 7.79. The molecule has 2 heteroatoms. The number of piperidine rings is 1. The number of carbonyl (C=O) groups is 1. The van der Waals surface area contributed by atoms with Crippen molar-refractivity contribution in [3.05, 3.63) is 0 Å². The summed E-state index contributed by atoms with van der Waals surface area (Å²) in [6, 6.07) is 0.419. The van der Waals surface area contributed by atoms with Crippen LogP contribution in [0.1, 0.15) is 66.7 Å². The lowest BCUT2D eigenvalue weighted by Crippen LogP contribution is -2.64. The average molecular weight is 237 g/mol. The quantitative estimate of drug-likeness (QED) is 0.630. The van der Waals surface area contributed by atoms with E-state index >= 15 is 0 Å². The largest absolute Gasteiger partial charge is 0.335 e. The van der Waals surface area contributed by atoms with E-state index in [9.17, 15) is 4.79 Å². The number of rotatable bonds is 0. The molecular weight excluding hydrogens is 210 g/mol. The van der Waals surface area contributed by atoms with Crippen molar-refractivity contribution in [1.29, 1.82) is 0 Å². The zero-order valence-electron chi connectivity index (χ0n) is 12.0. The molecule has 98 valence electrons. The van der Waals surface area contributed by atoms with Crippen molar-refractivity contribution < 1.29 is 4.79 Å². The Morgan fingerprint density at radius 1 is 1.18 bits per heavy atom. The van der Waals surface area contributed by atoms with Crippen LogP contribution in [-0.2, 0) is 4.79 Å². The van der Waals surface area contributed by atoms with E-state index in [1.165, 1.54) is 32.1 Å². The molecule has 1 saturated carbocycles. The molecule has 0 aromatic heterocycles. The molecule has 0 radical (unpaired) electrons. The fourth-order valence-corrected chi connectivity index (χ4v) is 4.79. The molecule has 2 nitrogen and oxygen atoms in total. The highest BCUT2D eigenvalue weighted by Crippen LogP contribution is 2.53. The summed E-state index contributed by atoms with van der Waals surface area (Å²) in [5.74, 6) is 0.936. The number of fused-ring (bicyclic) bond motifs is 1. The highest BCUT2D eigenvalue weighted by Gasteiger charge is 2.53. The molecule has 1 aliphatic heterocycles. The summed E-state index contributed by atoms with van der Waals surface area (Å²) in [6.07, 6.45) is 6.21. The first-order valence-electron chi connectivity index (χ1n) is 7.09. The van der Waals surface area contributed by atoms with Gasteiger partial charge in [-0.1, -0.05) is 20.3 Å². The van der Waals surface area contributed by atoms with E-state index in [1.807, 2.05) is 0 Å². The van der Waals surface area contributed by atoms with Crippen LogP contribution in [0.3, 0.4) is 0 Å². The summed E-state index contributed by atoms with van der Waals surface area (Å²) in [5.41, 5.74) is 0.492. The fourth-order valence-electron chi connectivity index (χ4n) is 4.79. The van der Waals surface area contributed by atoms with Crippen molar-refractivity contribution >= 4 is 5.91 Å². The standard InChI is InChI=1S/C15H27NO/c1-11-7-8-13-14(3,4)9-6-10-15(13,5)16(11)12(2)17/h11,13H,6-10H2,1-5H3/t11-,13+,15+/m1/s1. The Hall–Kier alpha value is -0.530. The van der Waals surface area contributed by atoms with Crippen LogP contribution in [0.25, 0.3) is 0 Å². The van der Waals surface area contributed by atoms with Gasteiger partial charge >= 0.3 is 0 Å². The first kappa shape index (κ1) is 12.9. The fraction of sp³-hybridized carbons (Fsp3) is 0.933. The minimum atomic E-state index is 0.102. The number of carbonyl (C=O) groups excluding carboxylic acids is 1. The van der Waals surface area contributed by atoms with Crippen molar-refractivity contribution in [1.82, 2.24) is 4.90 Å². The maximum Gasteiger partial charge on any atom is 0.220 e. The molecule has 1 saturated heterocycles. The summed E-state index contributed by atoms with van der Waals surface area (Å²) < 4.78 is 0. The van der Waals surface area contributed by atoms with Crippen LogP contribution in [0.15, 0.2) is 0 Å². The minimum Gasteiger partial charge on any atom is -0.335 e. The second-order valence-electron chi connectivity index (χ2n) is 7.07. The van der Waals surface area contributed by atoms with E-state index in [0.29, 0.717) is 17.4 Å². The van der Waals surface area contributed by atoms with E-state index in [2.05, 4.69) is 32.6 Å². The van der Waals surface area contributed by atoms with Gasteiger partial charge in [-0.25, -0.2) is 0 Å². The van der Waals surface area contributed by atoms with Crippen LogP contribution >= 0.6 is 0 Å². The Bertz CT molecular complexity index is 323. The number of amides is 1. The number of hydrogen-bond donors (Lipinski definition) is 0. The summed E-state index contributed by atoms with van der Waals surface area (Å²) in [7, 11) is 0. The van der Waals surface area contributed by atoms with Gasteiger partial charge in [-0.3, -0.25) is 4.79 Å². The number of nitrogens with zero attached hydrogens (tertiary/aromatic N) is 1. The molecule has 2 aliphatic rings. The van der Waals surface area contributed by atoms with Crippen LogP contribution < -0.4 is 0 Å². The van der Waals surface area contributed by atoms with Gasteiger partial charge in [0.15, 0.2) is 0 Å².